The van der Waals surface area contributed by atoms with E-state index in [0.29, 0.717) is 28.0 Å². The maximum atomic E-state index is 12.6. The molecule has 0 aromatic heterocycles. The Morgan fingerprint density at radius 3 is 2.50 bits per heavy atom. The van der Waals surface area contributed by atoms with Gasteiger partial charge in [0.15, 0.2) is 11.5 Å². The highest BCUT2D eigenvalue weighted by Gasteiger charge is 2.67. The first kappa shape index (κ1) is 20.6. The number of rotatable bonds is 6. The lowest BCUT2D eigenvalue weighted by Gasteiger charge is -2.35. The smallest absolute Gasteiger partial charge is 0.325 e. The molecule has 3 rings (SSSR count). The van der Waals surface area contributed by atoms with Crippen LogP contribution in [0.2, 0.25) is 0 Å². The van der Waals surface area contributed by atoms with Crippen molar-refractivity contribution < 1.29 is 29.0 Å². The molecule has 0 saturated carbocycles. The Morgan fingerprint density at radius 2 is 1.96 bits per heavy atom. The van der Waals surface area contributed by atoms with Crippen LogP contribution in [-0.4, -0.2) is 42.6 Å². The third-order valence-electron chi connectivity index (χ3n) is 5.99. The molecular formula is C19H23BrN2O6. The van der Waals surface area contributed by atoms with Gasteiger partial charge in [-0.25, -0.2) is 0 Å². The number of ether oxygens (including phenoxy) is 2. The lowest BCUT2D eigenvalue weighted by Crippen LogP contribution is -2.59. The summed E-state index contributed by atoms with van der Waals surface area (Å²) in [5.41, 5.74) is -0.907. The number of nitrogens with one attached hydrogen (secondary N) is 2. The van der Waals surface area contributed by atoms with Crippen molar-refractivity contribution in [3.05, 3.63) is 22.2 Å². The fraction of sp³-hybridized carbons (Fsp3) is 0.526. The average molecular weight is 455 g/mol. The normalized spacial score (nSPS) is 30.0. The molecule has 2 aliphatic heterocycles. The van der Waals surface area contributed by atoms with Crippen molar-refractivity contribution in [2.45, 2.75) is 31.8 Å². The van der Waals surface area contributed by atoms with Gasteiger partial charge in [0.1, 0.15) is 5.54 Å². The molecule has 2 saturated heterocycles. The molecule has 8 nitrogen and oxygen atoms in total. The van der Waals surface area contributed by atoms with Crippen molar-refractivity contribution >= 4 is 33.7 Å². The molecule has 3 N–H and O–H groups in total. The Balaban J connectivity index is 2.18. The van der Waals surface area contributed by atoms with Crippen LogP contribution in [0.1, 0.15) is 31.9 Å². The van der Waals surface area contributed by atoms with Gasteiger partial charge in [0, 0.05) is 6.04 Å². The summed E-state index contributed by atoms with van der Waals surface area (Å²) in [6.45, 7) is 3.64. The minimum Gasteiger partial charge on any atom is -0.493 e. The van der Waals surface area contributed by atoms with Crippen molar-refractivity contribution in [2.24, 2.45) is 17.8 Å². The van der Waals surface area contributed by atoms with Gasteiger partial charge in [-0.2, -0.15) is 0 Å². The van der Waals surface area contributed by atoms with Crippen LogP contribution in [-0.2, 0) is 14.4 Å². The van der Waals surface area contributed by atoms with Crippen molar-refractivity contribution in [3.63, 3.8) is 0 Å². The Hall–Kier alpha value is -2.13. The van der Waals surface area contributed by atoms with E-state index in [2.05, 4.69) is 26.6 Å². The van der Waals surface area contributed by atoms with Gasteiger partial charge in [-0.05, 0) is 39.5 Å². The molecule has 5 unspecified atom stereocenters. The SMILES string of the molecule is CCC(C)C1(C(=O)O)NC(c2cc(Br)c(OC)c(OC)c2)C2C(=O)NC(=O)C21. The van der Waals surface area contributed by atoms with Crippen LogP contribution < -0.4 is 20.1 Å². The van der Waals surface area contributed by atoms with Crippen molar-refractivity contribution in [2.75, 3.05) is 14.2 Å². The van der Waals surface area contributed by atoms with Crippen LogP contribution >= 0.6 is 15.9 Å². The Kier molecular flexibility index (Phi) is 5.42. The van der Waals surface area contributed by atoms with Crippen molar-refractivity contribution in [1.82, 2.24) is 10.6 Å². The zero-order valence-corrected chi connectivity index (χ0v) is 17.6. The second-order valence-electron chi connectivity index (χ2n) is 7.20. The zero-order valence-electron chi connectivity index (χ0n) is 16.0. The summed E-state index contributed by atoms with van der Waals surface area (Å²) >= 11 is 3.43. The second-order valence-corrected chi connectivity index (χ2v) is 8.06. The Morgan fingerprint density at radius 1 is 1.29 bits per heavy atom. The lowest BCUT2D eigenvalue weighted by atomic mass is 9.72. The van der Waals surface area contributed by atoms with Crippen molar-refractivity contribution in [1.29, 1.82) is 0 Å². The van der Waals surface area contributed by atoms with Crippen LogP contribution in [0, 0.1) is 17.8 Å². The van der Waals surface area contributed by atoms with Crippen LogP contribution in [0.5, 0.6) is 11.5 Å². The van der Waals surface area contributed by atoms with Gasteiger partial charge in [-0.15, -0.1) is 0 Å². The summed E-state index contributed by atoms with van der Waals surface area (Å²) in [7, 11) is 3.00. The number of imide groups is 1. The summed E-state index contributed by atoms with van der Waals surface area (Å²) in [6, 6.07) is 2.78. The first-order valence-corrected chi connectivity index (χ1v) is 9.79. The standard InChI is InChI=1S/C19H23BrN2O6/c1-5-8(2)19(18(25)26)13-12(16(23)21-17(13)24)14(22-19)9-6-10(20)15(28-4)11(7-9)27-3/h6-8,12-14,22H,5H2,1-4H3,(H,25,26)(H,21,23,24). The van der Waals surface area contributed by atoms with Gasteiger partial charge in [0.05, 0.1) is 30.5 Å². The minimum atomic E-state index is -1.54. The molecule has 0 radical (unpaired) electrons. The van der Waals surface area contributed by atoms with E-state index in [0.717, 1.165) is 0 Å². The number of benzene rings is 1. The summed E-state index contributed by atoms with van der Waals surface area (Å²) in [5.74, 6) is -3.43. The Bertz CT molecular complexity index is 844. The van der Waals surface area contributed by atoms with Gasteiger partial charge in [0.25, 0.3) is 0 Å². The molecule has 1 aromatic rings. The zero-order chi connectivity index (χ0) is 20.8. The van der Waals surface area contributed by atoms with Gasteiger partial charge < -0.3 is 14.6 Å². The Labute approximate surface area is 171 Å². The summed E-state index contributed by atoms with van der Waals surface area (Å²) < 4.78 is 11.3. The fourth-order valence-electron chi connectivity index (χ4n) is 4.45. The summed E-state index contributed by atoms with van der Waals surface area (Å²) in [4.78, 5) is 37.6. The van der Waals surface area contributed by atoms with Gasteiger partial charge >= 0.3 is 5.97 Å². The topological polar surface area (TPSA) is 114 Å². The maximum absolute atomic E-state index is 12.6. The van der Waals surface area contributed by atoms with Gasteiger partial charge in [-0.3, -0.25) is 25.0 Å². The lowest BCUT2D eigenvalue weighted by molar-refractivity contribution is -0.152. The maximum Gasteiger partial charge on any atom is 0.325 e. The van der Waals surface area contributed by atoms with Crippen LogP contribution in [0.15, 0.2) is 16.6 Å². The van der Waals surface area contributed by atoms with E-state index in [4.69, 9.17) is 9.47 Å². The van der Waals surface area contributed by atoms with E-state index in [1.807, 2.05) is 6.92 Å². The highest BCUT2D eigenvalue weighted by molar-refractivity contribution is 9.10. The van der Waals surface area contributed by atoms with E-state index < -0.39 is 41.2 Å². The van der Waals surface area contributed by atoms with Gasteiger partial charge in [0.2, 0.25) is 11.8 Å². The number of fused-ring (bicyclic) bond motifs is 1. The van der Waals surface area contributed by atoms with Crippen LogP contribution in [0.25, 0.3) is 0 Å². The first-order valence-electron chi connectivity index (χ1n) is 9.00. The molecule has 152 valence electrons. The molecule has 1 aromatic carbocycles. The average Bonchev–Trinajstić information content (AvgIpc) is 3.17. The number of carbonyl (C=O) groups excluding carboxylic acids is 2. The quantitative estimate of drug-likeness (QED) is 0.562. The molecule has 28 heavy (non-hydrogen) atoms. The number of methoxy groups -OCH3 is 2. The van der Waals surface area contributed by atoms with Crippen molar-refractivity contribution in [3.8, 4) is 11.5 Å². The predicted octanol–water partition coefficient (Wildman–Crippen LogP) is 1.87. The predicted molar refractivity (Wildman–Crippen MR) is 103 cm³/mol. The molecule has 9 heteroatoms. The molecule has 5 atom stereocenters. The number of carbonyl (C=O) groups is 3. The fourth-order valence-corrected chi connectivity index (χ4v) is 5.07. The van der Waals surface area contributed by atoms with Crippen LogP contribution in [0.4, 0.5) is 0 Å². The third kappa shape index (κ3) is 2.79. The third-order valence-corrected chi connectivity index (χ3v) is 6.58. The molecular weight excluding hydrogens is 432 g/mol. The largest absolute Gasteiger partial charge is 0.493 e. The van der Waals surface area contributed by atoms with E-state index in [9.17, 15) is 19.5 Å². The molecule has 2 fully saturated rings. The van der Waals surface area contributed by atoms with E-state index in [-0.39, 0.29) is 5.92 Å². The monoisotopic (exact) mass is 454 g/mol. The number of halogens is 1. The first-order chi connectivity index (χ1) is 13.2. The molecule has 0 aliphatic carbocycles. The number of hydrogen-bond acceptors (Lipinski definition) is 6. The summed E-state index contributed by atoms with van der Waals surface area (Å²) in [6.07, 6.45) is 0.534. The number of hydrogen-bond donors (Lipinski definition) is 3. The number of aliphatic carboxylic acids is 1. The van der Waals surface area contributed by atoms with E-state index >= 15 is 0 Å². The van der Waals surface area contributed by atoms with E-state index in [1.165, 1.54) is 14.2 Å². The molecule has 2 amide bonds. The minimum absolute atomic E-state index is 0.372. The van der Waals surface area contributed by atoms with Crippen LogP contribution in [0.3, 0.4) is 0 Å². The molecule has 2 heterocycles. The summed E-state index contributed by atoms with van der Waals surface area (Å²) in [5, 5.41) is 15.6. The van der Waals surface area contributed by atoms with E-state index in [1.54, 1.807) is 19.1 Å². The second kappa shape index (κ2) is 7.36. The highest BCUT2D eigenvalue weighted by atomic mass is 79.9. The number of amides is 2. The number of carboxylic acid groups (broad SMARTS) is 1. The molecule has 0 bridgehead atoms. The number of carboxylic acids is 1. The van der Waals surface area contributed by atoms with Gasteiger partial charge in [-0.1, -0.05) is 20.3 Å². The molecule has 0 spiro atoms. The molecule has 2 aliphatic rings. The highest BCUT2D eigenvalue weighted by Crippen LogP contribution is 2.51.